The van der Waals surface area contributed by atoms with E-state index in [1.807, 2.05) is 12.1 Å². The van der Waals surface area contributed by atoms with E-state index >= 15 is 0 Å². The van der Waals surface area contributed by atoms with Crippen LogP contribution in [0, 0.1) is 6.92 Å². The molecule has 1 aromatic carbocycles. The summed E-state index contributed by atoms with van der Waals surface area (Å²) in [5, 5.41) is 8.69. The maximum atomic E-state index is 8.69. The largest absolute Gasteiger partial charge is 0.491 e. The monoisotopic (exact) mass is 194 g/mol. The third-order valence-electron chi connectivity index (χ3n) is 2.14. The van der Waals surface area contributed by atoms with E-state index in [2.05, 4.69) is 26.8 Å². The fourth-order valence-electron chi connectivity index (χ4n) is 1.41. The van der Waals surface area contributed by atoms with Crippen LogP contribution in [0.5, 0.6) is 5.75 Å². The van der Waals surface area contributed by atoms with Gasteiger partial charge in [-0.2, -0.15) is 0 Å². The van der Waals surface area contributed by atoms with Crippen molar-refractivity contribution in [1.82, 2.24) is 0 Å². The molecule has 1 N–H and O–H groups in total. The molecule has 0 heterocycles. The summed E-state index contributed by atoms with van der Waals surface area (Å²) in [5.74, 6) is 1.34. The highest BCUT2D eigenvalue weighted by Crippen LogP contribution is 2.27. The van der Waals surface area contributed by atoms with Crippen molar-refractivity contribution in [1.29, 1.82) is 0 Å². The predicted molar refractivity (Wildman–Crippen MR) is 57.8 cm³/mol. The molecule has 78 valence electrons. The number of ether oxygens (including phenoxy) is 1. The molecule has 0 aliphatic rings. The molecular formula is C12H18O2. The highest BCUT2D eigenvalue weighted by atomic mass is 16.5. The van der Waals surface area contributed by atoms with Crippen molar-refractivity contribution in [3.8, 4) is 5.75 Å². The van der Waals surface area contributed by atoms with Crippen molar-refractivity contribution in [2.45, 2.75) is 26.7 Å². The standard InChI is InChI=1S/C12H18O2/c1-9(2)11-8-10(3)4-5-12(11)14-7-6-13/h4-5,8-9,13H,6-7H2,1-3H3. The van der Waals surface area contributed by atoms with Crippen LogP contribution in [0.25, 0.3) is 0 Å². The second-order valence-corrected chi connectivity index (χ2v) is 3.77. The van der Waals surface area contributed by atoms with Gasteiger partial charge in [-0.15, -0.1) is 0 Å². The van der Waals surface area contributed by atoms with Gasteiger partial charge in [0, 0.05) is 0 Å². The maximum Gasteiger partial charge on any atom is 0.122 e. The average molecular weight is 194 g/mol. The molecule has 0 spiro atoms. The lowest BCUT2D eigenvalue weighted by molar-refractivity contribution is 0.200. The number of aryl methyl sites for hydroxylation is 1. The van der Waals surface area contributed by atoms with E-state index in [0.717, 1.165) is 5.75 Å². The Balaban J connectivity index is 2.90. The molecule has 0 saturated carbocycles. The third kappa shape index (κ3) is 2.74. The molecule has 1 aromatic rings. The first-order valence-electron chi connectivity index (χ1n) is 4.99. The van der Waals surface area contributed by atoms with Gasteiger partial charge in [-0.1, -0.05) is 31.5 Å². The fraction of sp³-hybridized carbons (Fsp3) is 0.500. The summed E-state index contributed by atoms with van der Waals surface area (Å²) in [4.78, 5) is 0. The zero-order chi connectivity index (χ0) is 10.6. The van der Waals surface area contributed by atoms with Gasteiger partial charge in [0.25, 0.3) is 0 Å². The number of rotatable bonds is 4. The Kier molecular flexibility index (Phi) is 3.96. The van der Waals surface area contributed by atoms with Gasteiger partial charge in [0.15, 0.2) is 0 Å². The van der Waals surface area contributed by atoms with Gasteiger partial charge < -0.3 is 9.84 Å². The van der Waals surface area contributed by atoms with E-state index in [0.29, 0.717) is 12.5 Å². The highest BCUT2D eigenvalue weighted by molar-refractivity contribution is 5.38. The van der Waals surface area contributed by atoms with Crippen molar-refractivity contribution in [2.75, 3.05) is 13.2 Å². The van der Waals surface area contributed by atoms with Gasteiger partial charge in [0.1, 0.15) is 12.4 Å². The molecule has 14 heavy (non-hydrogen) atoms. The summed E-state index contributed by atoms with van der Waals surface area (Å²) in [5.41, 5.74) is 2.45. The van der Waals surface area contributed by atoms with Gasteiger partial charge in [-0.25, -0.2) is 0 Å². The minimum Gasteiger partial charge on any atom is -0.491 e. The van der Waals surface area contributed by atoms with Crippen molar-refractivity contribution in [3.05, 3.63) is 29.3 Å². The number of aliphatic hydroxyl groups is 1. The molecule has 0 amide bonds. The normalized spacial score (nSPS) is 10.6. The van der Waals surface area contributed by atoms with Crippen LogP contribution in [0.4, 0.5) is 0 Å². The second kappa shape index (κ2) is 5.01. The molecule has 2 heteroatoms. The summed E-state index contributed by atoms with van der Waals surface area (Å²) in [6.07, 6.45) is 0. The quantitative estimate of drug-likeness (QED) is 0.798. The minimum absolute atomic E-state index is 0.0609. The summed E-state index contributed by atoms with van der Waals surface area (Å²) in [7, 11) is 0. The molecule has 0 aliphatic carbocycles. The smallest absolute Gasteiger partial charge is 0.122 e. The van der Waals surface area contributed by atoms with Crippen molar-refractivity contribution in [2.24, 2.45) is 0 Å². The second-order valence-electron chi connectivity index (χ2n) is 3.77. The van der Waals surface area contributed by atoms with Crippen molar-refractivity contribution in [3.63, 3.8) is 0 Å². The Labute approximate surface area is 85.5 Å². The summed E-state index contributed by atoms with van der Waals surface area (Å²) >= 11 is 0. The van der Waals surface area contributed by atoms with Gasteiger partial charge >= 0.3 is 0 Å². The average Bonchev–Trinajstić information content (AvgIpc) is 2.15. The zero-order valence-electron chi connectivity index (χ0n) is 9.08. The lowest BCUT2D eigenvalue weighted by Crippen LogP contribution is -2.04. The molecule has 0 aliphatic heterocycles. The predicted octanol–water partition coefficient (Wildman–Crippen LogP) is 2.49. The van der Waals surface area contributed by atoms with Crippen LogP contribution in [-0.2, 0) is 0 Å². The van der Waals surface area contributed by atoms with E-state index in [-0.39, 0.29) is 6.61 Å². The Hall–Kier alpha value is -1.02. The van der Waals surface area contributed by atoms with Gasteiger partial charge in [-0.3, -0.25) is 0 Å². The molecule has 0 radical (unpaired) electrons. The van der Waals surface area contributed by atoms with E-state index in [1.54, 1.807) is 0 Å². The lowest BCUT2D eigenvalue weighted by atomic mass is 10.00. The topological polar surface area (TPSA) is 29.5 Å². The Morgan fingerprint density at radius 1 is 1.36 bits per heavy atom. The van der Waals surface area contributed by atoms with Gasteiger partial charge in [0.2, 0.25) is 0 Å². The van der Waals surface area contributed by atoms with E-state index in [9.17, 15) is 0 Å². The molecular weight excluding hydrogens is 176 g/mol. The maximum absolute atomic E-state index is 8.69. The molecule has 0 bridgehead atoms. The summed E-state index contributed by atoms with van der Waals surface area (Å²) < 4.78 is 5.45. The first kappa shape index (κ1) is 11.1. The Morgan fingerprint density at radius 3 is 2.64 bits per heavy atom. The third-order valence-corrected chi connectivity index (χ3v) is 2.14. The van der Waals surface area contributed by atoms with Crippen molar-refractivity contribution >= 4 is 0 Å². The Morgan fingerprint density at radius 2 is 2.07 bits per heavy atom. The van der Waals surface area contributed by atoms with Crippen LogP contribution in [0.1, 0.15) is 30.9 Å². The van der Waals surface area contributed by atoms with Gasteiger partial charge in [0.05, 0.1) is 6.61 Å². The SMILES string of the molecule is Cc1ccc(OCCO)c(C(C)C)c1. The molecule has 0 atom stereocenters. The van der Waals surface area contributed by atoms with Crippen LogP contribution < -0.4 is 4.74 Å². The van der Waals surface area contributed by atoms with Crippen LogP contribution in [0.2, 0.25) is 0 Å². The molecule has 0 saturated heterocycles. The van der Waals surface area contributed by atoms with Crippen LogP contribution >= 0.6 is 0 Å². The number of benzene rings is 1. The van der Waals surface area contributed by atoms with Crippen LogP contribution in [-0.4, -0.2) is 18.3 Å². The number of hydrogen-bond donors (Lipinski definition) is 1. The molecule has 0 fully saturated rings. The van der Waals surface area contributed by atoms with E-state index in [1.165, 1.54) is 11.1 Å². The zero-order valence-corrected chi connectivity index (χ0v) is 9.08. The van der Waals surface area contributed by atoms with Gasteiger partial charge in [-0.05, 0) is 24.5 Å². The van der Waals surface area contributed by atoms with E-state index < -0.39 is 0 Å². The fourth-order valence-corrected chi connectivity index (χ4v) is 1.41. The van der Waals surface area contributed by atoms with Crippen LogP contribution in [0.3, 0.4) is 0 Å². The van der Waals surface area contributed by atoms with Crippen molar-refractivity contribution < 1.29 is 9.84 Å². The first-order valence-corrected chi connectivity index (χ1v) is 4.99. The molecule has 0 aromatic heterocycles. The molecule has 1 rings (SSSR count). The Bertz CT molecular complexity index is 292. The summed E-state index contributed by atoms with van der Waals surface area (Å²) in [6, 6.07) is 6.14. The number of aliphatic hydroxyl groups excluding tert-OH is 1. The number of hydrogen-bond acceptors (Lipinski definition) is 2. The minimum atomic E-state index is 0.0609. The molecule has 2 nitrogen and oxygen atoms in total. The highest BCUT2D eigenvalue weighted by Gasteiger charge is 2.07. The van der Waals surface area contributed by atoms with Crippen LogP contribution in [0.15, 0.2) is 18.2 Å². The lowest BCUT2D eigenvalue weighted by Gasteiger charge is -2.14. The first-order chi connectivity index (χ1) is 6.65. The molecule has 0 unspecified atom stereocenters. The summed E-state index contributed by atoms with van der Waals surface area (Å²) in [6.45, 7) is 6.77. The van der Waals surface area contributed by atoms with E-state index in [4.69, 9.17) is 9.84 Å².